The zero-order valence-corrected chi connectivity index (χ0v) is 16.5. The molecule has 0 unspecified atom stereocenters. The number of alkyl halides is 2. The number of halogens is 2. The molecule has 1 fully saturated rings. The fourth-order valence-electron chi connectivity index (χ4n) is 3.75. The Morgan fingerprint density at radius 1 is 1.17 bits per heavy atom. The van der Waals surface area contributed by atoms with Crippen LogP contribution in [0, 0.1) is 0 Å². The van der Waals surface area contributed by atoms with Crippen LogP contribution in [0.25, 0.3) is 5.65 Å². The van der Waals surface area contributed by atoms with Crippen LogP contribution in [0.5, 0.6) is 5.88 Å². The fraction of sp³-hybridized carbons (Fsp3) is 0.381. The minimum absolute atomic E-state index is 0.0899. The van der Waals surface area contributed by atoms with Crippen molar-refractivity contribution < 1.29 is 18.3 Å². The van der Waals surface area contributed by atoms with Crippen LogP contribution in [-0.2, 0) is 0 Å². The number of amides is 1. The number of nitrogens with zero attached hydrogens (tertiary/aromatic N) is 3. The zero-order valence-electron chi connectivity index (χ0n) is 16.5. The van der Waals surface area contributed by atoms with Crippen molar-refractivity contribution in [1.82, 2.24) is 19.7 Å². The summed E-state index contributed by atoms with van der Waals surface area (Å²) in [6.45, 7) is 0. The standard InChI is InChI=1S/C21H23F2N5O2/c1-30-19-10-5-13(11-24-19)21(29)26-15-8-6-14(7-9-15)25-17-3-2-4-18-27-16(20(22)23)12-28(17)18/h2-5,10-12,14-15,20,25H,6-9H2,1H3,(H,26,29). The van der Waals surface area contributed by atoms with E-state index in [1.807, 2.05) is 6.07 Å². The second kappa shape index (κ2) is 8.64. The summed E-state index contributed by atoms with van der Waals surface area (Å²) in [4.78, 5) is 20.4. The van der Waals surface area contributed by atoms with Gasteiger partial charge in [-0.1, -0.05) is 6.07 Å². The topological polar surface area (TPSA) is 80.5 Å². The van der Waals surface area contributed by atoms with Gasteiger partial charge in [0.05, 0.1) is 12.7 Å². The van der Waals surface area contributed by atoms with E-state index in [-0.39, 0.29) is 23.7 Å². The van der Waals surface area contributed by atoms with E-state index in [1.54, 1.807) is 28.7 Å². The van der Waals surface area contributed by atoms with Gasteiger partial charge in [-0.3, -0.25) is 9.20 Å². The molecule has 1 amide bonds. The number of hydrogen-bond donors (Lipinski definition) is 2. The molecule has 0 saturated heterocycles. The molecule has 4 rings (SSSR count). The van der Waals surface area contributed by atoms with E-state index >= 15 is 0 Å². The maximum atomic E-state index is 13.0. The Balaban J connectivity index is 1.33. The van der Waals surface area contributed by atoms with Gasteiger partial charge in [-0.15, -0.1) is 0 Å². The number of fused-ring (bicyclic) bond motifs is 1. The number of nitrogens with one attached hydrogen (secondary N) is 2. The van der Waals surface area contributed by atoms with Crippen LogP contribution in [0.4, 0.5) is 14.6 Å². The number of methoxy groups -OCH3 is 1. The zero-order chi connectivity index (χ0) is 21.1. The predicted molar refractivity (Wildman–Crippen MR) is 108 cm³/mol. The molecule has 7 nitrogen and oxygen atoms in total. The van der Waals surface area contributed by atoms with Crippen LogP contribution in [0.15, 0.2) is 42.7 Å². The second-order valence-corrected chi connectivity index (χ2v) is 7.36. The molecule has 0 aromatic carbocycles. The lowest BCUT2D eigenvalue weighted by atomic mass is 9.91. The number of carbonyl (C=O) groups excluding carboxylic acids is 1. The molecular formula is C21H23F2N5O2. The van der Waals surface area contributed by atoms with Crippen LogP contribution in [0.3, 0.4) is 0 Å². The smallest absolute Gasteiger partial charge is 0.281 e. The summed E-state index contributed by atoms with van der Waals surface area (Å²) in [5, 5.41) is 6.49. The number of aromatic nitrogens is 3. The lowest BCUT2D eigenvalue weighted by Crippen LogP contribution is -2.40. The molecule has 0 radical (unpaired) electrons. The number of anilines is 1. The Hall–Kier alpha value is -3.23. The van der Waals surface area contributed by atoms with Crippen LogP contribution in [0.2, 0.25) is 0 Å². The molecule has 0 aliphatic heterocycles. The first kappa shape index (κ1) is 20.1. The van der Waals surface area contributed by atoms with Crippen LogP contribution >= 0.6 is 0 Å². The van der Waals surface area contributed by atoms with E-state index in [4.69, 9.17) is 4.74 Å². The van der Waals surface area contributed by atoms with E-state index in [0.717, 1.165) is 31.5 Å². The van der Waals surface area contributed by atoms with Gasteiger partial charge in [0.15, 0.2) is 0 Å². The number of carbonyl (C=O) groups is 1. The van der Waals surface area contributed by atoms with Crippen LogP contribution in [-0.4, -0.2) is 39.5 Å². The fourth-order valence-corrected chi connectivity index (χ4v) is 3.75. The molecule has 3 heterocycles. The van der Waals surface area contributed by atoms with E-state index in [9.17, 15) is 13.6 Å². The van der Waals surface area contributed by atoms with Crippen molar-refractivity contribution in [2.24, 2.45) is 0 Å². The van der Waals surface area contributed by atoms with Crippen molar-refractivity contribution >= 4 is 17.4 Å². The molecule has 1 aliphatic rings. The average molecular weight is 415 g/mol. The van der Waals surface area contributed by atoms with Gasteiger partial charge < -0.3 is 15.4 Å². The first-order chi connectivity index (χ1) is 14.5. The highest BCUT2D eigenvalue weighted by atomic mass is 19.3. The van der Waals surface area contributed by atoms with E-state index < -0.39 is 6.43 Å². The van der Waals surface area contributed by atoms with E-state index in [0.29, 0.717) is 17.1 Å². The maximum absolute atomic E-state index is 13.0. The summed E-state index contributed by atoms with van der Waals surface area (Å²) in [6, 6.07) is 9.00. The summed E-state index contributed by atoms with van der Waals surface area (Å²) >= 11 is 0. The number of rotatable bonds is 6. The summed E-state index contributed by atoms with van der Waals surface area (Å²) < 4.78 is 32.6. The van der Waals surface area contributed by atoms with Gasteiger partial charge in [-0.05, 0) is 43.9 Å². The molecule has 3 aromatic rings. The lowest BCUT2D eigenvalue weighted by Gasteiger charge is -2.30. The van der Waals surface area contributed by atoms with Gasteiger partial charge in [0, 0.05) is 30.5 Å². The minimum Gasteiger partial charge on any atom is -0.481 e. The third kappa shape index (κ3) is 4.34. The van der Waals surface area contributed by atoms with E-state index in [1.165, 1.54) is 19.5 Å². The Morgan fingerprint density at radius 3 is 2.60 bits per heavy atom. The highest BCUT2D eigenvalue weighted by Crippen LogP contribution is 2.25. The molecule has 1 saturated carbocycles. The van der Waals surface area contributed by atoms with Crippen molar-refractivity contribution in [2.45, 2.75) is 44.2 Å². The van der Waals surface area contributed by atoms with Crippen molar-refractivity contribution in [2.75, 3.05) is 12.4 Å². The minimum atomic E-state index is -2.60. The molecule has 0 bridgehead atoms. The van der Waals surface area contributed by atoms with Gasteiger partial charge in [0.2, 0.25) is 5.88 Å². The first-order valence-corrected chi connectivity index (χ1v) is 9.87. The molecule has 1 aliphatic carbocycles. The first-order valence-electron chi connectivity index (χ1n) is 9.87. The molecule has 3 aromatic heterocycles. The number of imidazole rings is 1. The molecule has 0 atom stereocenters. The molecule has 30 heavy (non-hydrogen) atoms. The summed E-state index contributed by atoms with van der Waals surface area (Å²) in [6.07, 6.45) is 3.65. The second-order valence-electron chi connectivity index (χ2n) is 7.36. The molecule has 9 heteroatoms. The third-order valence-corrected chi connectivity index (χ3v) is 5.36. The van der Waals surface area contributed by atoms with E-state index in [2.05, 4.69) is 20.6 Å². The van der Waals surface area contributed by atoms with Crippen LogP contribution in [0.1, 0.15) is 48.2 Å². The summed E-state index contributed by atoms with van der Waals surface area (Å²) in [7, 11) is 1.53. The monoisotopic (exact) mass is 415 g/mol. The van der Waals surface area contributed by atoms with Gasteiger partial charge in [0.1, 0.15) is 17.2 Å². The SMILES string of the molecule is COc1ccc(C(=O)NC2CCC(Nc3cccc4nc(C(F)F)cn34)CC2)cn1. The van der Waals surface area contributed by atoms with Crippen molar-refractivity contribution in [3.05, 3.63) is 54.0 Å². The molecule has 0 spiro atoms. The molecule has 2 N–H and O–H groups in total. The van der Waals surface area contributed by atoms with Crippen molar-refractivity contribution in [1.29, 1.82) is 0 Å². The van der Waals surface area contributed by atoms with Gasteiger partial charge in [-0.2, -0.15) is 0 Å². The number of pyridine rings is 2. The molecule has 158 valence electrons. The Labute approximate surface area is 172 Å². The number of hydrogen-bond acceptors (Lipinski definition) is 5. The Kier molecular flexibility index (Phi) is 5.78. The Bertz CT molecular complexity index is 1010. The van der Waals surface area contributed by atoms with Crippen LogP contribution < -0.4 is 15.4 Å². The van der Waals surface area contributed by atoms with Gasteiger partial charge in [0.25, 0.3) is 12.3 Å². The van der Waals surface area contributed by atoms with Gasteiger partial charge in [-0.25, -0.2) is 18.7 Å². The highest BCUT2D eigenvalue weighted by Gasteiger charge is 2.23. The molecular weight excluding hydrogens is 392 g/mol. The normalized spacial score (nSPS) is 19.1. The van der Waals surface area contributed by atoms with Crippen molar-refractivity contribution in [3.63, 3.8) is 0 Å². The summed E-state index contributed by atoms with van der Waals surface area (Å²) in [5.74, 6) is 1.06. The van der Waals surface area contributed by atoms with Gasteiger partial charge >= 0.3 is 0 Å². The Morgan fingerprint density at radius 2 is 1.93 bits per heavy atom. The third-order valence-electron chi connectivity index (χ3n) is 5.36. The number of ether oxygens (including phenoxy) is 1. The highest BCUT2D eigenvalue weighted by molar-refractivity contribution is 5.94. The summed E-state index contributed by atoms with van der Waals surface area (Å²) in [5.41, 5.74) is 0.755. The average Bonchev–Trinajstić information content (AvgIpc) is 3.21. The quantitative estimate of drug-likeness (QED) is 0.640. The largest absolute Gasteiger partial charge is 0.481 e. The predicted octanol–water partition coefficient (Wildman–Crippen LogP) is 3.83. The lowest BCUT2D eigenvalue weighted by molar-refractivity contribution is 0.0926. The maximum Gasteiger partial charge on any atom is 0.281 e. The van der Waals surface area contributed by atoms with Crippen molar-refractivity contribution in [3.8, 4) is 5.88 Å².